The van der Waals surface area contributed by atoms with E-state index in [2.05, 4.69) is 20.9 Å². The number of hydrogen-bond donors (Lipinski definition) is 8. The number of aliphatic carboxylic acids is 1. The molecular weight excluding hydrogens is 530 g/mol. The fourth-order valence-electron chi connectivity index (χ4n) is 4.44. The van der Waals surface area contributed by atoms with Crippen molar-refractivity contribution in [2.24, 2.45) is 23.1 Å². The number of unbranched alkanes of at least 4 members (excludes halogenated alkanes) is 1. The highest BCUT2D eigenvalue weighted by atomic mass is 16.4. The molecule has 13 heteroatoms. The average molecular weight is 574 g/mol. The van der Waals surface area contributed by atoms with Crippen LogP contribution in [0.4, 0.5) is 0 Å². The lowest BCUT2D eigenvalue weighted by Gasteiger charge is -2.26. The van der Waals surface area contributed by atoms with Gasteiger partial charge in [-0.05, 0) is 56.2 Å². The predicted molar refractivity (Wildman–Crippen MR) is 154 cm³/mol. The Hall–Kier alpha value is -3.97. The van der Waals surface area contributed by atoms with Gasteiger partial charge in [-0.3, -0.25) is 19.2 Å². The van der Waals surface area contributed by atoms with Gasteiger partial charge in [0.05, 0.1) is 6.04 Å². The lowest BCUT2D eigenvalue weighted by molar-refractivity contribution is -0.142. The zero-order valence-electron chi connectivity index (χ0n) is 23.7. The van der Waals surface area contributed by atoms with Gasteiger partial charge < -0.3 is 43.2 Å². The van der Waals surface area contributed by atoms with Crippen LogP contribution in [0.1, 0.15) is 57.9 Å². The number of carboxylic acids is 1. The second-order valence-corrected chi connectivity index (χ2v) is 10.6. The molecule has 2 aromatic rings. The molecule has 41 heavy (non-hydrogen) atoms. The Bertz CT molecular complexity index is 1200. The van der Waals surface area contributed by atoms with Gasteiger partial charge in [0.2, 0.25) is 23.6 Å². The minimum atomic E-state index is -1.18. The molecule has 4 unspecified atom stereocenters. The highest BCUT2D eigenvalue weighted by Gasteiger charge is 2.31. The van der Waals surface area contributed by atoms with Gasteiger partial charge >= 0.3 is 5.97 Å². The van der Waals surface area contributed by atoms with Crippen molar-refractivity contribution in [1.29, 1.82) is 0 Å². The summed E-state index contributed by atoms with van der Waals surface area (Å²) in [6, 6.07) is 3.08. The summed E-state index contributed by atoms with van der Waals surface area (Å²) in [6.45, 7) is 4.14. The standard InChI is InChI=1S/C28H43N7O6/c1-16(2)13-22(26(38)33-21(28(40)41)9-5-6-12-29)35-27(39)23(34-25(37)19(30)10-11-24(31)36)14-17-15-32-20-8-4-3-7-18(17)20/h3-4,7-8,15-16,19,21-23,32H,5-6,9-14,29-30H2,1-2H3,(H2,31,36)(H,33,38)(H,34,37)(H,35,39)(H,40,41). The molecule has 0 aliphatic rings. The third-order valence-electron chi connectivity index (χ3n) is 6.67. The van der Waals surface area contributed by atoms with Crippen molar-refractivity contribution in [3.8, 4) is 0 Å². The molecule has 0 saturated heterocycles. The van der Waals surface area contributed by atoms with Crippen LogP contribution in [0.2, 0.25) is 0 Å². The number of aromatic amines is 1. The number of para-hydroxylation sites is 1. The maximum absolute atomic E-state index is 13.6. The number of carbonyl (C=O) groups is 5. The predicted octanol–water partition coefficient (Wildman–Crippen LogP) is 0.0173. The number of nitrogens with one attached hydrogen (secondary N) is 4. The van der Waals surface area contributed by atoms with Crippen LogP contribution in [0.25, 0.3) is 10.9 Å². The van der Waals surface area contributed by atoms with E-state index in [0.29, 0.717) is 19.4 Å². The first-order chi connectivity index (χ1) is 19.4. The van der Waals surface area contributed by atoms with Crippen LogP contribution in [0, 0.1) is 5.92 Å². The maximum Gasteiger partial charge on any atom is 0.326 e. The zero-order valence-corrected chi connectivity index (χ0v) is 23.7. The number of nitrogens with two attached hydrogens (primary N) is 3. The van der Waals surface area contributed by atoms with E-state index in [0.717, 1.165) is 16.5 Å². The number of aromatic nitrogens is 1. The topological polar surface area (TPSA) is 236 Å². The minimum Gasteiger partial charge on any atom is -0.480 e. The SMILES string of the molecule is CC(C)CC(NC(=O)C(Cc1c[nH]c2ccccc12)NC(=O)C(N)CCC(N)=O)C(=O)NC(CCCCN)C(=O)O. The van der Waals surface area contributed by atoms with Crippen LogP contribution in [-0.2, 0) is 30.4 Å². The molecule has 2 rings (SSSR count). The highest BCUT2D eigenvalue weighted by molar-refractivity contribution is 5.95. The highest BCUT2D eigenvalue weighted by Crippen LogP contribution is 2.19. The van der Waals surface area contributed by atoms with Crippen molar-refractivity contribution in [3.63, 3.8) is 0 Å². The van der Waals surface area contributed by atoms with Gasteiger partial charge in [-0.2, -0.15) is 0 Å². The summed E-state index contributed by atoms with van der Waals surface area (Å²) in [5.41, 5.74) is 18.2. The number of carbonyl (C=O) groups excluding carboxylic acids is 4. The number of hydrogen-bond acceptors (Lipinski definition) is 7. The second-order valence-electron chi connectivity index (χ2n) is 10.6. The Morgan fingerprint density at radius 1 is 0.902 bits per heavy atom. The van der Waals surface area contributed by atoms with Gasteiger partial charge in [0.1, 0.15) is 18.1 Å². The summed E-state index contributed by atoms with van der Waals surface area (Å²) in [6.07, 6.45) is 3.29. The minimum absolute atomic E-state index is 0.00169. The molecule has 0 fully saturated rings. The number of primary amides is 1. The van der Waals surface area contributed by atoms with Crippen molar-refractivity contribution >= 4 is 40.5 Å². The van der Waals surface area contributed by atoms with Gasteiger partial charge in [-0.25, -0.2) is 4.79 Å². The van der Waals surface area contributed by atoms with Crippen molar-refractivity contribution in [1.82, 2.24) is 20.9 Å². The molecule has 0 bridgehead atoms. The monoisotopic (exact) mass is 573 g/mol. The van der Waals surface area contributed by atoms with Crippen LogP contribution >= 0.6 is 0 Å². The molecule has 226 valence electrons. The summed E-state index contributed by atoms with van der Waals surface area (Å²) >= 11 is 0. The summed E-state index contributed by atoms with van der Waals surface area (Å²) in [5, 5.41) is 18.3. The first-order valence-electron chi connectivity index (χ1n) is 13.9. The summed E-state index contributed by atoms with van der Waals surface area (Å²) in [4.78, 5) is 65.7. The first kappa shape index (κ1) is 33.2. The molecule has 0 saturated carbocycles. The van der Waals surface area contributed by atoms with Gasteiger partial charge in [0.25, 0.3) is 0 Å². The zero-order chi connectivity index (χ0) is 30.5. The van der Waals surface area contributed by atoms with E-state index in [-0.39, 0.29) is 38.0 Å². The number of rotatable bonds is 18. The van der Waals surface area contributed by atoms with Gasteiger partial charge in [-0.15, -0.1) is 0 Å². The molecule has 0 spiro atoms. The number of benzene rings is 1. The van der Waals surface area contributed by atoms with Crippen molar-refractivity contribution in [3.05, 3.63) is 36.0 Å². The molecule has 1 aromatic heterocycles. The molecule has 0 aliphatic carbocycles. The number of H-pyrrole nitrogens is 1. The Morgan fingerprint density at radius 2 is 1.54 bits per heavy atom. The Balaban J connectivity index is 2.27. The van der Waals surface area contributed by atoms with Crippen LogP contribution in [0.5, 0.6) is 0 Å². The molecule has 4 amide bonds. The molecule has 4 atom stereocenters. The first-order valence-corrected chi connectivity index (χ1v) is 13.9. The molecule has 13 nitrogen and oxygen atoms in total. The van der Waals surface area contributed by atoms with E-state index in [1.807, 2.05) is 38.1 Å². The fraction of sp³-hybridized carbons (Fsp3) is 0.536. The lowest BCUT2D eigenvalue weighted by atomic mass is 10.00. The van der Waals surface area contributed by atoms with E-state index >= 15 is 0 Å². The van der Waals surface area contributed by atoms with E-state index in [4.69, 9.17) is 17.2 Å². The Labute approximate surface area is 239 Å². The van der Waals surface area contributed by atoms with Gasteiger partial charge in [0, 0.05) is 29.9 Å². The molecule has 11 N–H and O–H groups in total. The molecule has 0 radical (unpaired) electrons. The smallest absolute Gasteiger partial charge is 0.326 e. The Kier molecular flexibility index (Phi) is 13.2. The number of carboxylic acid groups (broad SMARTS) is 1. The largest absolute Gasteiger partial charge is 0.480 e. The lowest BCUT2D eigenvalue weighted by Crippen LogP contribution is -2.57. The van der Waals surface area contributed by atoms with E-state index in [1.165, 1.54) is 0 Å². The van der Waals surface area contributed by atoms with Crippen molar-refractivity contribution < 1.29 is 29.1 Å². The Morgan fingerprint density at radius 3 is 2.17 bits per heavy atom. The van der Waals surface area contributed by atoms with Crippen molar-refractivity contribution in [2.75, 3.05) is 6.54 Å². The maximum atomic E-state index is 13.6. The fourth-order valence-corrected chi connectivity index (χ4v) is 4.44. The molecule has 1 aromatic carbocycles. The van der Waals surface area contributed by atoms with E-state index in [9.17, 15) is 29.1 Å². The third-order valence-corrected chi connectivity index (χ3v) is 6.67. The van der Waals surface area contributed by atoms with Crippen LogP contribution < -0.4 is 33.2 Å². The quantitative estimate of drug-likeness (QED) is 0.113. The van der Waals surface area contributed by atoms with Crippen LogP contribution in [0.15, 0.2) is 30.5 Å². The van der Waals surface area contributed by atoms with E-state index < -0.39 is 53.8 Å². The molecule has 0 aliphatic heterocycles. The van der Waals surface area contributed by atoms with Crippen LogP contribution in [0.3, 0.4) is 0 Å². The average Bonchev–Trinajstić information content (AvgIpc) is 3.32. The molecular formula is C28H43N7O6. The summed E-state index contributed by atoms with van der Waals surface area (Å²) in [5.74, 6) is -3.73. The number of fused-ring (bicyclic) bond motifs is 1. The normalized spacial score (nSPS) is 14.2. The second kappa shape index (κ2) is 16.3. The van der Waals surface area contributed by atoms with E-state index in [1.54, 1.807) is 6.20 Å². The summed E-state index contributed by atoms with van der Waals surface area (Å²) < 4.78 is 0. The van der Waals surface area contributed by atoms with Gasteiger partial charge in [-0.1, -0.05) is 32.0 Å². The number of amides is 4. The third kappa shape index (κ3) is 10.8. The van der Waals surface area contributed by atoms with Crippen LogP contribution in [-0.4, -0.2) is 70.4 Å². The molecule has 1 heterocycles. The van der Waals surface area contributed by atoms with Crippen molar-refractivity contribution in [2.45, 2.75) is 83.0 Å². The summed E-state index contributed by atoms with van der Waals surface area (Å²) in [7, 11) is 0. The van der Waals surface area contributed by atoms with Gasteiger partial charge in [0.15, 0.2) is 0 Å².